The lowest BCUT2D eigenvalue weighted by molar-refractivity contribution is -0.117. The van der Waals surface area contributed by atoms with E-state index in [4.69, 9.17) is 0 Å². The van der Waals surface area contributed by atoms with E-state index in [0.717, 1.165) is 5.56 Å². The van der Waals surface area contributed by atoms with Crippen molar-refractivity contribution in [3.05, 3.63) is 60.2 Å². The Labute approximate surface area is 181 Å². The average Bonchev–Trinajstić information content (AvgIpc) is 2.68. The van der Waals surface area contributed by atoms with E-state index in [1.165, 1.54) is 0 Å². The Morgan fingerprint density at radius 3 is 1.90 bits per heavy atom. The molecule has 0 radical (unpaired) electrons. The highest BCUT2D eigenvalue weighted by molar-refractivity contribution is 7.89. The second-order valence-corrected chi connectivity index (χ2v) is 10.4. The quantitative estimate of drug-likeness (QED) is 0.569. The van der Waals surface area contributed by atoms with Gasteiger partial charge >= 0.3 is 0 Å². The molecule has 0 heterocycles. The highest BCUT2D eigenvalue weighted by atomic mass is 32.2. The third-order valence-corrected chi connectivity index (χ3v) is 6.67. The van der Waals surface area contributed by atoms with Gasteiger partial charge in [0, 0.05) is 18.8 Å². The molecule has 0 aromatic heterocycles. The molecule has 30 heavy (non-hydrogen) atoms. The van der Waals surface area contributed by atoms with Gasteiger partial charge in [0.1, 0.15) is 0 Å². The zero-order chi connectivity index (χ0) is 22.3. The van der Waals surface area contributed by atoms with Crippen LogP contribution in [-0.4, -0.2) is 31.7 Å². The summed E-state index contributed by atoms with van der Waals surface area (Å²) in [6.07, 6.45) is 0.682. The maximum atomic E-state index is 13.1. The zero-order valence-corrected chi connectivity index (χ0v) is 19.4. The van der Waals surface area contributed by atoms with Crippen molar-refractivity contribution in [2.24, 2.45) is 11.8 Å². The van der Waals surface area contributed by atoms with Gasteiger partial charge in [-0.2, -0.15) is 4.31 Å². The summed E-state index contributed by atoms with van der Waals surface area (Å²) in [4.78, 5) is 13.0. The maximum absolute atomic E-state index is 13.1. The first-order chi connectivity index (χ1) is 14.1. The van der Waals surface area contributed by atoms with E-state index in [1.807, 2.05) is 65.0 Å². The summed E-state index contributed by atoms with van der Waals surface area (Å²) in [5, 5.41) is 2.92. The van der Waals surface area contributed by atoms with Crippen molar-refractivity contribution < 1.29 is 13.2 Å². The van der Waals surface area contributed by atoms with Gasteiger partial charge in [-0.05, 0) is 48.1 Å². The number of nitrogens with one attached hydrogen (secondary N) is 1. The number of anilines is 1. The van der Waals surface area contributed by atoms with Crippen LogP contribution in [-0.2, 0) is 14.8 Å². The predicted octanol–water partition coefficient (Wildman–Crippen LogP) is 5.12. The Kier molecular flexibility index (Phi) is 8.62. The molecule has 1 atom stereocenters. The van der Waals surface area contributed by atoms with E-state index < -0.39 is 10.0 Å². The number of hydrogen-bond acceptors (Lipinski definition) is 3. The van der Waals surface area contributed by atoms with Gasteiger partial charge in [-0.15, -0.1) is 0 Å². The Morgan fingerprint density at radius 2 is 1.43 bits per heavy atom. The number of sulfonamides is 1. The van der Waals surface area contributed by atoms with E-state index in [0.29, 0.717) is 25.2 Å². The molecule has 164 valence electrons. The van der Waals surface area contributed by atoms with Crippen molar-refractivity contribution in [2.45, 2.75) is 51.9 Å². The second-order valence-electron chi connectivity index (χ2n) is 8.49. The van der Waals surface area contributed by atoms with Gasteiger partial charge in [0.25, 0.3) is 0 Å². The molecule has 1 unspecified atom stereocenters. The van der Waals surface area contributed by atoms with Crippen LogP contribution < -0.4 is 5.32 Å². The largest absolute Gasteiger partial charge is 0.326 e. The third-order valence-electron chi connectivity index (χ3n) is 4.82. The number of rotatable bonds is 10. The number of hydrogen-bond donors (Lipinski definition) is 1. The third kappa shape index (κ3) is 6.41. The maximum Gasteiger partial charge on any atom is 0.243 e. The van der Waals surface area contributed by atoms with Crippen LogP contribution in [0.1, 0.15) is 52.5 Å². The molecule has 5 nitrogen and oxygen atoms in total. The highest BCUT2D eigenvalue weighted by Crippen LogP contribution is 2.24. The monoisotopic (exact) mass is 430 g/mol. The smallest absolute Gasteiger partial charge is 0.243 e. The minimum Gasteiger partial charge on any atom is -0.326 e. The molecule has 1 N–H and O–H groups in total. The zero-order valence-electron chi connectivity index (χ0n) is 18.6. The molecule has 0 spiro atoms. The number of nitrogens with zero attached hydrogens (tertiary/aromatic N) is 1. The molecule has 1 amide bonds. The fourth-order valence-electron chi connectivity index (χ4n) is 3.43. The molecular formula is C24H34N2O3S. The van der Waals surface area contributed by atoms with Crippen molar-refractivity contribution in [3.63, 3.8) is 0 Å². The fraction of sp³-hybridized carbons (Fsp3) is 0.458. The van der Waals surface area contributed by atoms with E-state index >= 15 is 0 Å². The number of carbonyl (C=O) groups excluding carboxylic acids is 1. The predicted molar refractivity (Wildman–Crippen MR) is 123 cm³/mol. The Morgan fingerprint density at radius 1 is 0.900 bits per heavy atom. The van der Waals surface area contributed by atoms with Gasteiger partial charge < -0.3 is 5.32 Å². The molecule has 6 heteroatoms. The normalized spacial score (nSPS) is 13.1. The van der Waals surface area contributed by atoms with Crippen molar-refractivity contribution >= 4 is 21.6 Å². The lowest BCUT2D eigenvalue weighted by atomic mass is 9.95. The Bertz CT molecular complexity index is 897. The summed E-state index contributed by atoms with van der Waals surface area (Å²) in [5.41, 5.74) is 1.56. The minimum absolute atomic E-state index is 0.0967. The first-order valence-electron chi connectivity index (χ1n) is 10.6. The van der Waals surface area contributed by atoms with Crippen LogP contribution in [0.4, 0.5) is 5.69 Å². The van der Waals surface area contributed by atoms with Crippen LogP contribution in [0.3, 0.4) is 0 Å². The molecule has 0 bridgehead atoms. The molecule has 0 saturated carbocycles. The number of carbonyl (C=O) groups is 1. The molecular weight excluding hydrogens is 396 g/mol. The van der Waals surface area contributed by atoms with Gasteiger partial charge in [-0.25, -0.2) is 8.42 Å². The second kappa shape index (κ2) is 10.7. The van der Waals surface area contributed by atoms with Crippen LogP contribution in [0.5, 0.6) is 0 Å². The number of benzene rings is 2. The van der Waals surface area contributed by atoms with Crippen LogP contribution in [0.2, 0.25) is 0 Å². The fourth-order valence-corrected chi connectivity index (χ4v) is 5.20. The van der Waals surface area contributed by atoms with Gasteiger partial charge in [0.2, 0.25) is 15.9 Å². The Balaban J connectivity index is 2.17. The lowest BCUT2D eigenvalue weighted by Crippen LogP contribution is -2.37. The standard InChI is InChI=1S/C24H34N2O3S/c1-6-23(20-10-8-7-9-11-20)24(27)25-21-12-14-22(15-13-21)30(28,29)26(16-18(2)3)17-19(4)5/h7-15,18-19,23H,6,16-17H2,1-5H3,(H,25,27). The van der Waals surface area contributed by atoms with Gasteiger partial charge in [0.15, 0.2) is 0 Å². The van der Waals surface area contributed by atoms with E-state index in [1.54, 1.807) is 28.6 Å². The summed E-state index contributed by atoms with van der Waals surface area (Å²) in [7, 11) is -3.58. The first kappa shape index (κ1) is 24.1. The number of amides is 1. The van der Waals surface area contributed by atoms with Gasteiger partial charge in [-0.3, -0.25) is 4.79 Å². The molecule has 2 aromatic rings. The van der Waals surface area contributed by atoms with E-state index in [-0.39, 0.29) is 28.6 Å². The summed E-state index contributed by atoms with van der Waals surface area (Å²) < 4.78 is 27.8. The van der Waals surface area contributed by atoms with Crippen LogP contribution in [0.25, 0.3) is 0 Å². The molecule has 0 aliphatic rings. The summed E-state index contributed by atoms with van der Waals surface area (Å²) in [5.74, 6) is 0.129. The topological polar surface area (TPSA) is 66.5 Å². The minimum atomic E-state index is -3.58. The van der Waals surface area contributed by atoms with E-state index in [9.17, 15) is 13.2 Å². The molecule has 0 aliphatic heterocycles. The van der Waals surface area contributed by atoms with Gasteiger partial charge in [0.05, 0.1) is 10.8 Å². The summed E-state index contributed by atoms with van der Waals surface area (Å²) in [6, 6.07) is 16.1. The van der Waals surface area contributed by atoms with Crippen LogP contribution in [0.15, 0.2) is 59.5 Å². The van der Waals surface area contributed by atoms with Crippen LogP contribution >= 0.6 is 0 Å². The molecule has 0 aliphatic carbocycles. The van der Waals surface area contributed by atoms with Gasteiger partial charge in [-0.1, -0.05) is 65.0 Å². The van der Waals surface area contributed by atoms with Crippen molar-refractivity contribution in [1.29, 1.82) is 0 Å². The van der Waals surface area contributed by atoms with Crippen LogP contribution in [0, 0.1) is 11.8 Å². The SMILES string of the molecule is CCC(C(=O)Nc1ccc(S(=O)(=O)N(CC(C)C)CC(C)C)cc1)c1ccccc1. The first-order valence-corrected chi connectivity index (χ1v) is 12.0. The Hall–Kier alpha value is -2.18. The van der Waals surface area contributed by atoms with Crippen molar-refractivity contribution in [1.82, 2.24) is 4.31 Å². The average molecular weight is 431 g/mol. The van der Waals surface area contributed by atoms with Crippen molar-refractivity contribution in [2.75, 3.05) is 18.4 Å². The molecule has 0 fully saturated rings. The summed E-state index contributed by atoms with van der Waals surface area (Å²) >= 11 is 0. The van der Waals surface area contributed by atoms with Crippen molar-refractivity contribution in [3.8, 4) is 0 Å². The molecule has 2 aromatic carbocycles. The molecule has 0 saturated heterocycles. The summed E-state index contributed by atoms with van der Waals surface area (Å²) in [6.45, 7) is 11.0. The lowest BCUT2D eigenvalue weighted by Gasteiger charge is -2.25. The molecule has 2 rings (SSSR count). The van der Waals surface area contributed by atoms with E-state index in [2.05, 4.69) is 5.32 Å². The highest BCUT2D eigenvalue weighted by Gasteiger charge is 2.26.